The highest BCUT2D eigenvalue weighted by atomic mass is 16.1. The number of hydrogen-bond donors (Lipinski definition) is 1. The van der Waals surface area contributed by atoms with Gasteiger partial charge in [-0.2, -0.15) is 0 Å². The maximum absolute atomic E-state index is 12.1. The number of anilines is 1. The van der Waals surface area contributed by atoms with Crippen LogP contribution in [0, 0.1) is 6.92 Å². The van der Waals surface area contributed by atoms with E-state index in [1.807, 2.05) is 58.9 Å². The SMILES string of the molecule is CC.CC.Cc1ccc2ccc(=O)n(-c3ccc(N)cn3)c2c1. The molecule has 122 valence electrons. The van der Waals surface area contributed by atoms with E-state index in [0.29, 0.717) is 11.5 Å². The quantitative estimate of drug-likeness (QED) is 0.727. The first kappa shape index (κ1) is 18.4. The lowest BCUT2D eigenvalue weighted by Gasteiger charge is -2.10. The standard InChI is InChI=1S/C15H13N3O.2C2H6/c1-10-2-3-11-4-7-15(19)18(13(11)8-10)14-6-5-12(16)9-17-14;2*1-2/h2-9H,16H2,1H3;2*1-2H3. The predicted octanol–water partition coefficient (Wildman–Crippen LogP) is 4.33. The van der Waals surface area contributed by atoms with Gasteiger partial charge in [-0.3, -0.25) is 9.36 Å². The van der Waals surface area contributed by atoms with Gasteiger partial charge < -0.3 is 5.73 Å². The molecule has 0 unspecified atom stereocenters. The number of fused-ring (bicyclic) bond motifs is 1. The molecule has 0 aliphatic carbocycles. The zero-order valence-electron chi connectivity index (χ0n) is 14.5. The van der Waals surface area contributed by atoms with Crippen molar-refractivity contribution in [2.24, 2.45) is 0 Å². The van der Waals surface area contributed by atoms with Crippen LogP contribution >= 0.6 is 0 Å². The van der Waals surface area contributed by atoms with Gasteiger partial charge in [0.25, 0.3) is 5.56 Å². The molecule has 0 radical (unpaired) electrons. The van der Waals surface area contributed by atoms with Crippen LogP contribution in [-0.4, -0.2) is 9.55 Å². The second kappa shape index (κ2) is 8.73. The first-order valence-electron chi connectivity index (χ1n) is 7.99. The average molecular weight is 311 g/mol. The summed E-state index contributed by atoms with van der Waals surface area (Å²) in [5.41, 5.74) is 8.06. The number of benzene rings is 1. The third kappa shape index (κ3) is 4.19. The molecule has 1 aromatic carbocycles. The van der Waals surface area contributed by atoms with Gasteiger partial charge in [0.2, 0.25) is 0 Å². The van der Waals surface area contributed by atoms with Crippen molar-refractivity contribution in [3.63, 3.8) is 0 Å². The topological polar surface area (TPSA) is 60.9 Å². The molecular weight excluding hydrogens is 286 g/mol. The number of aromatic nitrogens is 2. The molecule has 0 saturated carbocycles. The molecule has 0 aliphatic heterocycles. The molecule has 0 atom stereocenters. The highest BCUT2D eigenvalue weighted by Gasteiger charge is 2.06. The van der Waals surface area contributed by atoms with E-state index in [1.165, 1.54) is 0 Å². The largest absolute Gasteiger partial charge is 0.397 e. The average Bonchev–Trinajstić information content (AvgIpc) is 2.59. The number of nitrogens with zero attached hydrogens (tertiary/aromatic N) is 2. The number of hydrogen-bond acceptors (Lipinski definition) is 3. The second-order valence-electron chi connectivity index (χ2n) is 4.52. The van der Waals surface area contributed by atoms with Crippen LogP contribution in [0.15, 0.2) is 53.5 Å². The third-order valence-corrected chi connectivity index (χ3v) is 3.05. The molecular formula is C19H25N3O. The van der Waals surface area contributed by atoms with Gasteiger partial charge in [0.05, 0.1) is 17.4 Å². The first-order chi connectivity index (χ1) is 11.1. The third-order valence-electron chi connectivity index (χ3n) is 3.05. The molecule has 3 rings (SSSR count). The Morgan fingerprint density at radius 1 is 0.957 bits per heavy atom. The summed E-state index contributed by atoms with van der Waals surface area (Å²) in [6, 6.07) is 12.9. The molecule has 0 bridgehead atoms. The summed E-state index contributed by atoms with van der Waals surface area (Å²) in [4.78, 5) is 16.3. The van der Waals surface area contributed by atoms with Crippen molar-refractivity contribution < 1.29 is 0 Å². The Labute approximate surface area is 137 Å². The number of nitrogen functional groups attached to an aromatic ring is 1. The normalized spacial score (nSPS) is 9.43. The maximum Gasteiger partial charge on any atom is 0.256 e. The molecule has 23 heavy (non-hydrogen) atoms. The molecule has 0 saturated heterocycles. The van der Waals surface area contributed by atoms with Crippen LogP contribution < -0.4 is 11.3 Å². The number of aryl methyl sites for hydroxylation is 1. The van der Waals surface area contributed by atoms with Crippen LogP contribution in [0.3, 0.4) is 0 Å². The second-order valence-corrected chi connectivity index (χ2v) is 4.52. The molecule has 3 aromatic rings. The van der Waals surface area contributed by atoms with E-state index in [-0.39, 0.29) is 5.56 Å². The summed E-state index contributed by atoms with van der Waals surface area (Å²) < 4.78 is 1.60. The minimum absolute atomic E-state index is 0.102. The molecule has 2 N–H and O–H groups in total. The van der Waals surface area contributed by atoms with E-state index >= 15 is 0 Å². The van der Waals surface area contributed by atoms with E-state index in [4.69, 9.17) is 5.73 Å². The Balaban J connectivity index is 0.000000615. The first-order valence-corrected chi connectivity index (χ1v) is 7.99. The minimum atomic E-state index is -0.102. The summed E-state index contributed by atoms with van der Waals surface area (Å²) in [6.45, 7) is 10.00. The molecule has 4 nitrogen and oxygen atoms in total. The van der Waals surface area contributed by atoms with Crippen LogP contribution in [0.1, 0.15) is 33.3 Å². The fraction of sp³-hybridized carbons (Fsp3) is 0.263. The van der Waals surface area contributed by atoms with E-state index < -0.39 is 0 Å². The van der Waals surface area contributed by atoms with E-state index in [0.717, 1.165) is 16.5 Å². The molecule has 0 amide bonds. The lowest BCUT2D eigenvalue weighted by atomic mass is 10.1. The lowest BCUT2D eigenvalue weighted by Crippen LogP contribution is -2.18. The van der Waals surface area contributed by atoms with Crippen LogP contribution in [0.2, 0.25) is 0 Å². The summed E-state index contributed by atoms with van der Waals surface area (Å²) in [7, 11) is 0. The predicted molar refractivity (Wildman–Crippen MR) is 99.2 cm³/mol. The number of nitrogens with two attached hydrogens (primary N) is 1. The van der Waals surface area contributed by atoms with E-state index in [9.17, 15) is 4.79 Å². The monoisotopic (exact) mass is 311 g/mol. The van der Waals surface area contributed by atoms with Crippen molar-refractivity contribution in [1.29, 1.82) is 0 Å². The fourth-order valence-corrected chi connectivity index (χ4v) is 2.11. The van der Waals surface area contributed by atoms with Crippen LogP contribution in [0.25, 0.3) is 16.7 Å². The van der Waals surface area contributed by atoms with Gasteiger partial charge in [-0.15, -0.1) is 0 Å². The van der Waals surface area contributed by atoms with Gasteiger partial charge >= 0.3 is 0 Å². The van der Waals surface area contributed by atoms with Crippen molar-refractivity contribution in [2.75, 3.05) is 5.73 Å². The summed E-state index contributed by atoms with van der Waals surface area (Å²) in [5, 5.41) is 1.00. The molecule has 0 spiro atoms. The highest BCUT2D eigenvalue weighted by Crippen LogP contribution is 2.17. The van der Waals surface area contributed by atoms with E-state index in [2.05, 4.69) is 4.98 Å². The summed E-state index contributed by atoms with van der Waals surface area (Å²) >= 11 is 0. The summed E-state index contributed by atoms with van der Waals surface area (Å²) in [6.07, 6.45) is 1.55. The van der Waals surface area contributed by atoms with Crippen LogP contribution in [0.4, 0.5) is 5.69 Å². The van der Waals surface area contributed by atoms with Gasteiger partial charge in [-0.05, 0) is 42.1 Å². The Kier molecular flexibility index (Phi) is 7.00. The summed E-state index contributed by atoms with van der Waals surface area (Å²) in [5.74, 6) is 0.579. The Bertz CT molecular complexity index is 805. The van der Waals surface area contributed by atoms with Crippen LogP contribution in [0.5, 0.6) is 0 Å². The van der Waals surface area contributed by atoms with Crippen LogP contribution in [-0.2, 0) is 0 Å². The van der Waals surface area contributed by atoms with Gasteiger partial charge in [-0.1, -0.05) is 39.8 Å². The highest BCUT2D eigenvalue weighted by molar-refractivity contribution is 5.81. The van der Waals surface area contributed by atoms with Crippen molar-refractivity contribution in [2.45, 2.75) is 34.6 Å². The number of pyridine rings is 2. The van der Waals surface area contributed by atoms with Crippen molar-refractivity contribution in [3.8, 4) is 5.82 Å². The minimum Gasteiger partial charge on any atom is -0.397 e. The smallest absolute Gasteiger partial charge is 0.256 e. The fourth-order valence-electron chi connectivity index (χ4n) is 2.11. The molecule has 4 heteroatoms. The molecule has 2 heterocycles. The Hall–Kier alpha value is -2.62. The number of rotatable bonds is 1. The van der Waals surface area contributed by atoms with E-state index in [1.54, 1.807) is 29.0 Å². The van der Waals surface area contributed by atoms with Crippen molar-refractivity contribution in [1.82, 2.24) is 9.55 Å². The van der Waals surface area contributed by atoms with Crippen molar-refractivity contribution >= 4 is 16.6 Å². The Morgan fingerprint density at radius 3 is 2.22 bits per heavy atom. The van der Waals surface area contributed by atoms with Gasteiger partial charge in [0.15, 0.2) is 0 Å². The van der Waals surface area contributed by atoms with Gasteiger partial charge in [0, 0.05) is 6.07 Å². The van der Waals surface area contributed by atoms with Gasteiger partial charge in [-0.25, -0.2) is 4.98 Å². The molecule has 0 aliphatic rings. The zero-order valence-corrected chi connectivity index (χ0v) is 14.5. The van der Waals surface area contributed by atoms with Gasteiger partial charge in [0.1, 0.15) is 5.82 Å². The lowest BCUT2D eigenvalue weighted by molar-refractivity contribution is 0.984. The molecule has 2 aromatic heterocycles. The van der Waals surface area contributed by atoms with Crippen molar-refractivity contribution in [3.05, 3.63) is 64.6 Å². The zero-order chi connectivity index (χ0) is 17.4. The maximum atomic E-state index is 12.1. The Morgan fingerprint density at radius 2 is 1.61 bits per heavy atom. The molecule has 0 fully saturated rings.